The van der Waals surface area contributed by atoms with Crippen LogP contribution in [0.15, 0.2) is 22.7 Å². The molecule has 4 rings (SSSR count). The molecule has 0 amide bonds. The Morgan fingerprint density at radius 2 is 2.00 bits per heavy atom. The molecule has 1 atom stereocenters. The minimum atomic E-state index is -1.28. The van der Waals surface area contributed by atoms with Crippen LogP contribution in [0.2, 0.25) is 0 Å². The molecule has 0 unspecified atom stereocenters. The summed E-state index contributed by atoms with van der Waals surface area (Å²) in [5, 5.41) is 11.2. The topological polar surface area (TPSA) is 68.4 Å². The molecule has 7 heteroatoms. The molecule has 1 aromatic heterocycles. The number of aliphatic hydroxyl groups is 1. The van der Waals surface area contributed by atoms with E-state index < -0.39 is 17.2 Å². The van der Waals surface area contributed by atoms with Gasteiger partial charge in [-0.25, -0.2) is 13.8 Å². The van der Waals surface area contributed by atoms with Gasteiger partial charge in [-0.2, -0.15) is 0 Å². The molecule has 2 heterocycles. The maximum atomic E-state index is 14.7. The number of pyridine rings is 1. The molecule has 1 saturated carbocycles. The molecule has 0 radical (unpaired) electrons. The van der Waals surface area contributed by atoms with Crippen LogP contribution in [-0.4, -0.2) is 23.2 Å². The molecule has 1 aliphatic carbocycles. The first kappa shape index (κ1) is 18.8. The van der Waals surface area contributed by atoms with Crippen LogP contribution in [0, 0.1) is 17.6 Å². The first-order chi connectivity index (χ1) is 12.7. The van der Waals surface area contributed by atoms with Crippen LogP contribution in [0.25, 0.3) is 11.3 Å². The highest BCUT2D eigenvalue weighted by Gasteiger charge is 2.47. The average Bonchev–Trinajstić information content (AvgIpc) is 3.43. The molecule has 2 aliphatic rings. The van der Waals surface area contributed by atoms with E-state index in [0.29, 0.717) is 18.1 Å². The summed E-state index contributed by atoms with van der Waals surface area (Å²) in [5.41, 5.74) is 5.68. The Kier molecular flexibility index (Phi) is 4.33. The summed E-state index contributed by atoms with van der Waals surface area (Å²) in [6.07, 6.45) is 1.73. The van der Waals surface area contributed by atoms with Crippen LogP contribution >= 0.6 is 15.9 Å². The second-order valence-corrected chi connectivity index (χ2v) is 8.91. The second kappa shape index (κ2) is 6.22. The number of benzene rings is 1. The van der Waals surface area contributed by atoms with Gasteiger partial charge in [-0.3, -0.25) is 0 Å². The Hall–Kier alpha value is -1.57. The molecule has 1 fully saturated rings. The van der Waals surface area contributed by atoms with Crippen molar-refractivity contribution in [2.75, 3.05) is 13.2 Å². The van der Waals surface area contributed by atoms with Gasteiger partial charge in [0.2, 0.25) is 0 Å². The van der Waals surface area contributed by atoms with Crippen molar-refractivity contribution in [3.63, 3.8) is 0 Å². The maximum Gasteiger partial charge on any atom is 0.149 e. The molecule has 144 valence electrons. The van der Waals surface area contributed by atoms with E-state index >= 15 is 0 Å². The normalized spacial score (nSPS) is 20.1. The molecule has 2 aromatic rings. The first-order valence-electron chi connectivity index (χ1n) is 8.93. The van der Waals surface area contributed by atoms with Crippen LogP contribution in [0.5, 0.6) is 5.75 Å². The number of nitrogens with zero attached hydrogens (tertiary/aromatic N) is 1. The van der Waals surface area contributed by atoms with Crippen LogP contribution in [0.4, 0.5) is 8.78 Å². The minimum absolute atomic E-state index is 0.00154. The summed E-state index contributed by atoms with van der Waals surface area (Å²) < 4.78 is 34.7. The van der Waals surface area contributed by atoms with Crippen molar-refractivity contribution >= 4 is 15.9 Å². The lowest BCUT2D eigenvalue weighted by Crippen LogP contribution is -2.38. The van der Waals surface area contributed by atoms with Crippen molar-refractivity contribution in [2.45, 2.75) is 37.7 Å². The SMILES string of the molecule is CC1(C)COc2c1cc([C@@](O)(CN)C1CC1)nc2-c1cc(F)c(Br)cc1F. The number of nitrogens with two attached hydrogens (primary N) is 1. The number of rotatable bonds is 4. The van der Waals surface area contributed by atoms with Gasteiger partial charge in [-0.05, 0) is 52.9 Å². The largest absolute Gasteiger partial charge is 0.490 e. The predicted octanol–water partition coefficient (Wildman–Crippen LogP) is 4.02. The highest BCUT2D eigenvalue weighted by atomic mass is 79.9. The number of halogens is 3. The van der Waals surface area contributed by atoms with E-state index in [-0.39, 0.29) is 33.6 Å². The van der Waals surface area contributed by atoms with Crippen molar-refractivity contribution in [1.29, 1.82) is 0 Å². The van der Waals surface area contributed by atoms with Crippen molar-refractivity contribution in [3.05, 3.63) is 45.6 Å². The third-order valence-corrected chi connectivity index (χ3v) is 6.16. The maximum absolute atomic E-state index is 14.7. The van der Waals surface area contributed by atoms with Gasteiger partial charge in [0.05, 0.1) is 16.8 Å². The van der Waals surface area contributed by atoms with Gasteiger partial charge in [-0.1, -0.05) is 13.8 Å². The Balaban J connectivity index is 1.98. The smallest absolute Gasteiger partial charge is 0.149 e. The number of ether oxygens (including phenoxy) is 1. The molecule has 0 bridgehead atoms. The fraction of sp³-hybridized carbons (Fsp3) is 0.450. The monoisotopic (exact) mass is 438 g/mol. The number of aromatic nitrogens is 1. The van der Waals surface area contributed by atoms with Gasteiger partial charge in [0.25, 0.3) is 0 Å². The fourth-order valence-electron chi connectivity index (χ4n) is 3.66. The lowest BCUT2D eigenvalue weighted by molar-refractivity contribution is 0.0179. The van der Waals surface area contributed by atoms with E-state index in [0.717, 1.165) is 30.5 Å². The quantitative estimate of drug-likeness (QED) is 0.707. The third-order valence-electron chi connectivity index (χ3n) is 5.55. The van der Waals surface area contributed by atoms with E-state index in [1.54, 1.807) is 0 Å². The van der Waals surface area contributed by atoms with E-state index in [2.05, 4.69) is 20.9 Å². The molecule has 27 heavy (non-hydrogen) atoms. The average molecular weight is 439 g/mol. The van der Waals surface area contributed by atoms with Gasteiger partial charge in [0.1, 0.15) is 28.7 Å². The predicted molar refractivity (Wildman–Crippen MR) is 101 cm³/mol. The fourth-order valence-corrected chi connectivity index (χ4v) is 3.98. The van der Waals surface area contributed by atoms with Crippen LogP contribution in [0.3, 0.4) is 0 Å². The van der Waals surface area contributed by atoms with Gasteiger partial charge in [0.15, 0.2) is 0 Å². The first-order valence-corrected chi connectivity index (χ1v) is 9.73. The summed E-state index contributed by atoms with van der Waals surface area (Å²) in [7, 11) is 0. The number of hydrogen-bond donors (Lipinski definition) is 2. The van der Waals surface area contributed by atoms with Crippen molar-refractivity contribution in [3.8, 4) is 17.0 Å². The van der Waals surface area contributed by atoms with Crippen LogP contribution < -0.4 is 10.5 Å². The van der Waals surface area contributed by atoms with Gasteiger partial charge in [0, 0.05) is 23.1 Å². The highest BCUT2D eigenvalue weighted by Crippen LogP contribution is 2.50. The summed E-state index contributed by atoms with van der Waals surface area (Å²) in [4.78, 5) is 4.54. The Bertz CT molecular complexity index is 931. The minimum Gasteiger partial charge on any atom is -0.490 e. The lowest BCUT2D eigenvalue weighted by atomic mass is 9.83. The number of hydrogen-bond acceptors (Lipinski definition) is 4. The summed E-state index contributed by atoms with van der Waals surface area (Å²) >= 11 is 2.99. The molecular formula is C20H21BrF2N2O2. The van der Waals surface area contributed by atoms with E-state index in [1.807, 2.05) is 19.9 Å². The molecule has 3 N–H and O–H groups in total. The van der Waals surface area contributed by atoms with Crippen molar-refractivity contribution < 1.29 is 18.6 Å². The molecule has 1 aliphatic heterocycles. The van der Waals surface area contributed by atoms with Crippen molar-refractivity contribution in [2.24, 2.45) is 11.7 Å². The second-order valence-electron chi connectivity index (χ2n) is 8.05. The standard InChI is InChI=1S/C20H21BrF2N2O2/c1-19(2)9-27-18-12(19)6-16(20(26,8-24)10-3-4-10)25-17(18)11-5-15(23)13(21)7-14(11)22/h5-7,10,26H,3-4,8-9,24H2,1-2H3/t20-/m1/s1. The zero-order valence-corrected chi connectivity index (χ0v) is 16.7. The van der Waals surface area contributed by atoms with E-state index in [4.69, 9.17) is 10.5 Å². The Morgan fingerprint density at radius 1 is 1.30 bits per heavy atom. The van der Waals surface area contributed by atoms with Gasteiger partial charge in [-0.15, -0.1) is 0 Å². The zero-order valence-electron chi connectivity index (χ0n) is 15.2. The molecule has 0 saturated heterocycles. The van der Waals surface area contributed by atoms with Crippen LogP contribution in [0.1, 0.15) is 37.9 Å². The third kappa shape index (κ3) is 2.96. The Labute approximate surface area is 164 Å². The summed E-state index contributed by atoms with van der Waals surface area (Å²) in [5.74, 6) is -0.760. The zero-order chi connectivity index (χ0) is 19.6. The molecule has 0 spiro atoms. The van der Waals surface area contributed by atoms with Gasteiger partial charge < -0.3 is 15.6 Å². The summed E-state index contributed by atoms with van der Waals surface area (Å²) in [6, 6.07) is 3.98. The highest BCUT2D eigenvalue weighted by molar-refractivity contribution is 9.10. The number of fused-ring (bicyclic) bond motifs is 1. The van der Waals surface area contributed by atoms with Crippen molar-refractivity contribution in [1.82, 2.24) is 4.98 Å². The Morgan fingerprint density at radius 3 is 2.63 bits per heavy atom. The molecule has 1 aromatic carbocycles. The van der Waals surface area contributed by atoms with E-state index in [9.17, 15) is 13.9 Å². The molecular weight excluding hydrogens is 418 g/mol. The lowest BCUT2D eigenvalue weighted by Gasteiger charge is -2.28. The molecule has 4 nitrogen and oxygen atoms in total. The van der Waals surface area contributed by atoms with E-state index in [1.165, 1.54) is 0 Å². The summed E-state index contributed by atoms with van der Waals surface area (Å²) in [6.45, 7) is 4.42. The van der Waals surface area contributed by atoms with Crippen LogP contribution in [-0.2, 0) is 11.0 Å². The van der Waals surface area contributed by atoms with Gasteiger partial charge >= 0.3 is 0 Å².